The van der Waals surface area contributed by atoms with E-state index in [4.69, 9.17) is 5.73 Å². The molecule has 6 nitrogen and oxygen atoms in total. The van der Waals surface area contributed by atoms with Crippen molar-refractivity contribution < 1.29 is 9.87 Å². The van der Waals surface area contributed by atoms with E-state index in [2.05, 4.69) is 20.2 Å². The summed E-state index contributed by atoms with van der Waals surface area (Å²) in [6.45, 7) is 5.56. The second-order valence-electron chi connectivity index (χ2n) is 5.72. The van der Waals surface area contributed by atoms with Crippen molar-refractivity contribution in [3.63, 3.8) is 0 Å². The highest BCUT2D eigenvalue weighted by Crippen LogP contribution is 2.26. The van der Waals surface area contributed by atoms with Gasteiger partial charge in [0.2, 0.25) is 5.95 Å². The molecule has 0 amide bonds. The molecule has 0 radical (unpaired) electrons. The van der Waals surface area contributed by atoms with Crippen LogP contribution in [-0.4, -0.2) is 41.6 Å². The number of nitrogens with zero attached hydrogens (tertiary/aromatic N) is 3. The molecule has 1 fully saturated rings. The van der Waals surface area contributed by atoms with Crippen LogP contribution in [0.25, 0.3) is 0 Å². The number of nitrogens with one attached hydrogen (secondary N) is 1. The maximum absolute atomic E-state index is 13.1. The zero-order chi connectivity index (χ0) is 15.6. The zero-order valence-electron chi connectivity index (χ0n) is 14.3. The van der Waals surface area contributed by atoms with E-state index in [9.17, 15) is 4.39 Å². The Hall–Kier alpha value is -1.22. The van der Waals surface area contributed by atoms with Gasteiger partial charge in [-0.3, -0.25) is 0 Å². The topological polar surface area (TPSA) is 98.6 Å². The number of piperazine rings is 1. The van der Waals surface area contributed by atoms with Crippen molar-refractivity contribution in [2.24, 2.45) is 5.73 Å². The fraction of sp³-hybridized carbons (Fsp3) is 0.375. The van der Waals surface area contributed by atoms with Crippen LogP contribution in [0.4, 0.5) is 10.3 Å². The quantitative estimate of drug-likeness (QED) is 0.775. The Morgan fingerprint density at radius 2 is 1.50 bits per heavy atom. The van der Waals surface area contributed by atoms with Gasteiger partial charge in [-0.2, -0.15) is 0 Å². The predicted octanol–water partition coefficient (Wildman–Crippen LogP) is 1.69. The number of nitrogens with two attached hydrogens (primary N) is 1. The van der Waals surface area contributed by atoms with Crippen LogP contribution in [0.2, 0.25) is 0 Å². The Balaban J connectivity index is 0. The Labute approximate surface area is 171 Å². The highest BCUT2D eigenvalue weighted by Gasteiger charge is 2.25. The maximum atomic E-state index is 13.1. The lowest BCUT2D eigenvalue weighted by Crippen LogP contribution is -2.44. The molecule has 1 aliphatic heterocycles. The van der Waals surface area contributed by atoms with Gasteiger partial charge in [-0.1, -0.05) is 12.1 Å². The highest BCUT2D eigenvalue weighted by molar-refractivity contribution is 5.86. The summed E-state index contributed by atoms with van der Waals surface area (Å²) >= 11 is 0. The summed E-state index contributed by atoms with van der Waals surface area (Å²) in [7, 11) is 0. The molecule has 0 saturated carbocycles. The average molecular weight is 429 g/mol. The van der Waals surface area contributed by atoms with Crippen LogP contribution in [-0.2, 0) is 5.54 Å². The van der Waals surface area contributed by atoms with E-state index in [-0.39, 0.29) is 48.5 Å². The number of rotatable bonds is 3. The van der Waals surface area contributed by atoms with Gasteiger partial charge < -0.3 is 21.4 Å². The molecule has 0 bridgehead atoms. The third kappa shape index (κ3) is 5.90. The van der Waals surface area contributed by atoms with Crippen LogP contribution in [0.3, 0.4) is 0 Å². The molecule has 2 heterocycles. The van der Waals surface area contributed by atoms with Crippen molar-refractivity contribution >= 4 is 43.2 Å². The van der Waals surface area contributed by atoms with Gasteiger partial charge in [0.1, 0.15) is 5.82 Å². The molecule has 148 valence electrons. The van der Waals surface area contributed by atoms with E-state index in [1.165, 1.54) is 12.1 Å². The summed E-state index contributed by atoms with van der Waals surface area (Å²) in [4.78, 5) is 11.0. The summed E-state index contributed by atoms with van der Waals surface area (Å²) in [5, 5.41) is 3.30. The molecule has 1 saturated heterocycles. The van der Waals surface area contributed by atoms with Crippen molar-refractivity contribution in [3.05, 3.63) is 53.6 Å². The van der Waals surface area contributed by atoms with Crippen LogP contribution < -0.4 is 16.0 Å². The third-order valence-corrected chi connectivity index (χ3v) is 4.08. The highest BCUT2D eigenvalue weighted by atomic mass is 35.5. The Bertz CT molecular complexity index is 637. The summed E-state index contributed by atoms with van der Waals surface area (Å²) < 4.78 is 13.1. The molecule has 0 unspecified atom stereocenters. The first kappa shape index (κ1) is 27.0. The summed E-state index contributed by atoms with van der Waals surface area (Å²) in [6, 6.07) is 6.21. The van der Waals surface area contributed by atoms with Crippen LogP contribution in [0.1, 0.15) is 18.1 Å². The first-order valence-electron chi connectivity index (χ1n) is 7.40. The fourth-order valence-corrected chi connectivity index (χ4v) is 2.58. The second-order valence-corrected chi connectivity index (χ2v) is 5.72. The largest absolute Gasteiger partial charge is 0.412 e. The molecule has 26 heavy (non-hydrogen) atoms. The van der Waals surface area contributed by atoms with Crippen LogP contribution in [0, 0.1) is 5.82 Å². The van der Waals surface area contributed by atoms with E-state index < -0.39 is 5.54 Å². The van der Waals surface area contributed by atoms with E-state index in [1.807, 2.05) is 6.92 Å². The molecular formula is C16H25Cl3FN5O. The monoisotopic (exact) mass is 427 g/mol. The first-order valence-corrected chi connectivity index (χ1v) is 7.40. The van der Waals surface area contributed by atoms with Gasteiger partial charge in [-0.25, -0.2) is 14.4 Å². The Morgan fingerprint density at radius 1 is 1.00 bits per heavy atom. The minimum atomic E-state index is -0.754. The summed E-state index contributed by atoms with van der Waals surface area (Å²) in [5.74, 6) is 0.449. The molecule has 2 aromatic rings. The number of hydrogen-bond donors (Lipinski definition) is 2. The van der Waals surface area contributed by atoms with Gasteiger partial charge >= 0.3 is 0 Å². The first-order chi connectivity index (χ1) is 10.6. The predicted molar refractivity (Wildman–Crippen MR) is 110 cm³/mol. The van der Waals surface area contributed by atoms with E-state index >= 15 is 0 Å². The van der Waals surface area contributed by atoms with Crippen molar-refractivity contribution in [2.45, 2.75) is 12.5 Å². The SMILES string of the molecule is C[C@](N)(c1ccc(F)cc1)c1cnc(N2CCNCC2)nc1.Cl.Cl.Cl.O. The Kier molecular flexibility index (Phi) is 11.9. The van der Waals surface area contributed by atoms with Gasteiger partial charge in [-0.15, -0.1) is 37.2 Å². The molecule has 5 N–H and O–H groups in total. The molecule has 1 aromatic carbocycles. The normalized spacial score (nSPS) is 15.3. The standard InChI is InChI=1S/C16H20FN5.3ClH.H2O/c1-16(18,12-2-4-14(17)5-3-12)13-10-20-15(21-11-13)22-8-6-19-7-9-22;;;;/h2-5,10-11,19H,6-9,18H2,1H3;3*1H;1H2/t16-;;;;/m0..../s1. The molecule has 1 atom stereocenters. The van der Waals surface area contributed by atoms with Crippen LogP contribution in [0.15, 0.2) is 36.7 Å². The lowest BCUT2D eigenvalue weighted by atomic mass is 9.87. The molecule has 1 aliphatic rings. The third-order valence-electron chi connectivity index (χ3n) is 4.08. The lowest BCUT2D eigenvalue weighted by Gasteiger charge is -2.29. The van der Waals surface area contributed by atoms with Crippen LogP contribution in [0.5, 0.6) is 0 Å². The maximum Gasteiger partial charge on any atom is 0.225 e. The van der Waals surface area contributed by atoms with Crippen molar-refractivity contribution in [2.75, 3.05) is 31.1 Å². The summed E-state index contributed by atoms with van der Waals surface area (Å²) in [6.07, 6.45) is 3.52. The molecule has 10 heteroatoms. The average Bonchev–Trinajstić information content (AvgIpc) is 2.56. The fourth-order valence-electron chi connectivity index (χ4n) is 2.58. The van der Waals surface area contributed by atoms with Crippen molar-refractivity contribution in [1.82, 2.24) is 15.3 Å². The zero-order valence-corrected chi connectivity index (χ0v) is 16.8. The lowest BCUT2D eigenvalue weighted by molar-refractivity contribution is 0.572. The van der Waals surface area contributed by atoms with E-state index in [0.717, 1.165) is 43.3 Å². The smallest absolute Gasteiger partial charge is 0.225 e. The molecule has 0 spiro atoms. The number of anilines is 1. The van der Waals surface area contributed by atoms with Crippen molar-refractivity contribution in [1.29, 1.82) is 0 Å². The van der Waals surface area contributed by atoms with E-state index in [1.54, 1.807) is 24.5 Å². The van der Waals surface area contributed by atoms with Gasteiger partial charge in [0.05, 0.1) is 5.54 Å². The van der Waals surface area contributed by atoms with Gasteiger partial charge in [0, 0.05) is 44.1 Å². The van der Waals surface area contributed by atoms with Gasteiger partial charge in [0.25, 0.3) is 0 Å². The minimum absolute atomic E-state index is 0. The molecular weight excluding hydrogens is 404 g/mol. The molecule has 3 rings (SSSR count). The minimum Gasteiger partial charge on any atom is -0.412 e. The molecule has 0 aliphatic carbocycles. The second kappa shape index (κ2) is 11.5. The van der Waals surface area contributed by atoms with Gasteiger partial charge in [-0.05, 0) is 24.6 Å². The summed E-state index contributed by atoms with van der Waals surface area (Å²) in [5.41, 5.74) is 7.29. The Morgan fingerprint density at radius 3 is 2.00 bits per heavy atom. The van der Waals surface area contributed by atoms with Crippen LogP contribution >= 0.6 is 37.2 Å². The van der Waals surface area contributed by atoms with Gasteiger partial charge in [0.15, 0.2) is 0 Å². The van der Waals surface area contributed by atoms with Crippen molar-refractivity contribution in [3.8, 4) is 0 Å². The number of halogens is 4. The van der Waals surface area contributed by atoms with E-state index in [0.29, 0.717) is 0 Å². The number of hydrogen-bond acceptors (Lipinski definition) is 5. The number of aromatic nitrogens is 2. The molecule has 1 aromatic heterocycles. The number of benzene rings is 1.